The van der Waals surface area contributed by atoms with Crippen LogP contribution in [0.25, 0.3) is 11.5 Å². The highest BCUT2D eigenvalue weighted by Gasteiger charge is 2.18. The number of aromatic nitrogens is 2. The number of carbonyl (C=O) groups excluding carboxylic acids is 2. The maximum absolute atomic E-state index is 12.4. The summed E-state index contributed by atoms with van der Waals surface area (Å²) in [7, 11) is 0. The summed E-state index contributed by atoms with van der Waals surface area (Å²) >= 11 is 1.17. The second-order valence-electron chi connectivity index (χ2n) is 5.50. The van der Waals surface area contributed by atoms with E-state index in [4.69, 9.17) is 9.15 Å². The van der Waals surface area contributed by atoms with Gasteiger partial charge in [0.25, 0.3) is 11.1 Å². The quantitative estimate of drug-likeness (QED) is 0.547. The van der Waals surface area contributed by atoms with Gasteiger partial charge in [0.2, 0.25) is 5.89 Å². The standard InChI is InChI=1S/C18H13N3O4S/c22-14(12-6-7-15-13(8-12)19-16(23)9-24-15)10-26-18-21-20-17(25-18)11-4-2-1-3-5-11/h1-8H,9-10H2,(H,19,23). The summed E-state index contributed by atoms with van der Waals surface area (Å²) in [6, 6.07) is 14.4. The van der Waals surface area contributed by atoms with Crippen molar-refractivity contribution in [1.29, 1.82) is 0 Å². The van der Waals surface area contributed by atoms with Gasteiger partial charge in [-0.3, -0.25) is 9.59 Å². The highest BCUT2D eigenvalue weighted by Crippen LogP contribution is 2.29. The molecule has 0 saturated heterocycles. The monoisotopic (exact) mass is 367 g/mol. The van der Waals surface area contributed by atoms with Crippen molar-refractivity contribution >= 4 is 29.1 Å². The van der Waals surface area contributed by atoms with E-state index in [9.17, 15) is 9.59 Å². The molecule has 1 amide bonds. The number of ether oxygens (including phenoxy) is 1. The van der Waals surface area contributed by atoms with Crippen LogP contribution in [0.1, 0.15) is 10.4 Å². The minimum atomic E-state index is -0.240. The van der Waals surface area contributed by atoms with Crippen LogP contribution < -0.4 is 10.1 Å². The highest BCUT2D eigenvalue weighted by molar-refractivity contribution is 7.99. The molecule has 0 bridgehead atoms. The van der Waals surface area contributed by atoms with Crippen LogP contribution in [0.15, 0.2) is 58.2 Å². The van der Waals surface area contributed by atoms with Gasteiger partial charge in [-0.2, -0.15) is 0 Å². The lowest BCUT2D eigenvalue weighted by Gasteiger charge is -2.18. The molecule has 0 aliphatic carbocycles. The third-order valence-electron chi connectivity index (χ3n) is 3.69. The lowest BCUT2D eigenvalue weighted by atomic mass is 10.1. The molecule has 3 aromatic rings. The molecule has 1 N–H and O–H groups in total. The van der Waals surface area contributed by atoms with Gasteiger partial charge < -0.3 is 14.5 Å². The Kier molecular flexibility index (Phi) is 4.40. The average molecular weight is 367 g/mol. The molecule has 0 unspecified atom stereocenters. The minimum Gasteiger partial charge on any atom is -0.482 e. The van der Waals surface area contributed by atoms with Gasteiger partial charge in [0, 0.05) is 11.1 Å². The number of rotatable bonds is 5. The van der Waals surface area contributed by atoms with E-state index < -0.39 is 0 Å². The molecule has 130 valence electrons. The largest absolute Gasteiger partial charge is 0.482 e. The smallest absolute Gasteiger partial charge is 0.277 e. The molecule has 0 spiro atoms. The molecule has 2 heterocycles. The average Bonchev–Trinajstić information content (AvgIpc) is 3.15. The number of nitrogens with zero attached hydrogens (tertiary/aromatic N) is 2. The van der Waals surface area contributed by atoms with Crippen LogP contribution in [-0.4, -0.2) is 34.2 Å². The van der Waals surface area contributed by atoms with Crippen molar-refractivity contribution in [3.05, 3.63) is 54.1 Å². The Labute approximate surface area is 152 Å². The van der Waals surface area contributed by atoms with Crippen LogP contribution >= 0.6 is 11.8 Å². The fourth-order valence-electron chi connectivity index (χ4n) is 2.43. The molecule has 26 heavy (non-hydrogen) atoms. The van der Waals surface area contributed by atoms with E-state index in [-0.39, 0.29) is 24.1 Å². The molecule has 1 aliphatic rings. The van der Waals surface area contributed by atoms with Crippen LogP contribution in [0.4, 0.5) is 5.69 Å². The second kappa shape index (κ2) is 7.01. The second-order valence-corrected chi connectivity index (χ2v) is 6.43. The third kappa shape index (κ3) is 3.45. The van der Waals surface area contributed by atoms with Gasteiger partial charge in [0.15, 0.2) is 12.4 Å². The molecule has 1 aromatic heterocycles. The number of Topliss-reactive ketones (excluding diaryl/α,β-unsaturated/α-hetero) is 1. The van der Waals surface area contributed by atoms with E-state index in [1.165, 1.54) is 11.8 Å². The Balaban J connectivity index is 1.42. The van der Waals surface area contributed by atoms with Gasteiger partial charge in [0.05, 0.1) is 11.4 Å². The van der Waals surface area contributed by atoms with Crippen molar-refractivity contribution in [2.45, 2.75) is 5.22 Å². The first-order valence-electron chi connectivity index (χ1n) is 7.81. The Morgan fingerprint density at radius 2 is 2.00 bits per heavy atom. The maximum atomic E-state index is 12.4. The number of hydrogen-bond donors (Lipinski definition) is 1. The molecule has 7 nitrogen and oxygen atoms in total. The van der Waals surface area contributed by atoms with Gasteiger partial charge in [-0.1, -0.05) is 30.0 Å². The summed E-state index contributed by atoms with van der Waals surface area (Å²) in [5.41, 5.74) is 1.80. The predicted octanol–water partition coefficient (Wildman–Crippen LogP) is 3.04. The zero-order valence-corrected chi connectivity index (χ0v) is 14.3. The van der Waals surface area contributed by atoms with Crippen LogP contribution in [0.5, 0.6) is 5.75 Å². The fraction of sp³-hybridized carbons (Fsp3) is 0.111. The summed E-state index contributed by atoms with van der Waals surface area (Å²) in [4.78, 5) is 23.8. The molecule has 2 aromatic carbocycles. The van der Waals surface area contributed by atoms with Gasteiger partial charge in [-0.25, -0.2) is 0 Å². The van der Waals surface area contributed by atoms with E-state index in [1.807, 2.05) is 30.3 Å². The predicted molar refractivity (Wildman–Crippen MR) is 95.4 cm³/mol. The highest BCUT2D eigenvalue weighted by atomic mass is 32.2. The van der Waals surface area contributed by atoms with E-state index in [0.29, 0.717) is 28.1 Å². The molecule has 1 aliphatic heterocycles. The first-order chi connectivity index (χ1) is 12.7. The van der Waals surface area contributed by atoms with Crippen molar-refractivity contribution in [2.75, 3.05) is 17.7 Å². The lowest BCUT2D eigenvalue weighted by molar-refractivity contribution is -0.118. The van der Waals surface area contributed by atoms with Crippen LogP contribution in [0.2, 0.25) is 0 Å². The molecule has 4 rings (SSSR count). The zero-order chi connectivity index (χ0) is 17.9. The van der Waals surface area contributed by atoms with E-state index in [1.54, 1.807) is 18.2 Å². The van der Waals surface area contributed by atoms with Gasteiger partial charge >= 0.3 is 0 Å². The molecule has 0 atom stereocenters. The summed E-state index contributed by atoms with van der Waals surface area (Å²) < 4.78 is 10.9. The summed E-state index contributed by atoms with van der Waals surface area (Å²) in [6.45, 7) is -0.0168. The normalized spacial score (nSPS) is 12.8. The van der Waals surface area contributed by atoms with E-state index >= 15 is 0 Å². The van der Waals surface area contributed by atoms with Crippen molar-refractivity contribution < 1.29 is 18.7 Å². The Bertz CT molecular complexity index is 972. The molecular formula is C18H13N3O4S. The van der Waals surface area contributed by atoms with Crippen molar-refractivity contribution in [2.24, 2.45) is 0 Å². The number of hydrogen-bond acceptors (Lipinski definition) is 7. The number of ketones is 1. The van der Waals surface area contributed by atoms with Crippen LogP contribution in [0.3, 0.4) is 0 Å². The number of amides is 1. The summed E-state index contributed by atoms with van der Waals surface area (Å²) in [6.07, 6.45) is 0. The minimum absolute atomic E-state index is 0.0168. The number of benzene rings is 2. The number of fused-ring (bicyclic) bond motifs is 1. The Morgan fingerprint density at radius 3 is 2.85 bits per heavy atom. The van der Waals surface area contributed by atoms with Gasteiger partial charge in [0.1, 0.15) is 5.75 Å². The van der Waals surface area contributed by atoms with Crippen molar-refractivity contribution in [3.63, 3.8) is 0 Å². The Morgan fingerprint density at radius 1 is 1.15 bits per heavy atom. The number of carbonyl (C=O) groups is 2. The van der Waals surface area contributed by atoms with Crippen LogP contribution in [0, 0.1) is 0 Å². The van der Waals surface area contributed by atoms with Gasteiger partial charge in [-0.15, -0.1) is 10.2 Å². The first kappa shape index (κ1) is 16.3. The SMILES string of the molecule is O=C1COc2ccc(C(=O)CSc3nnc(-c4ccccc4)o3)cc2N1. The van der Waals surface area contributed by atoms with Crippen LogP contribution in [-0.2, 0) is 4.79 Å². The third-order valence-corrected chi connectivity index (χ3v) is 4.51. The van der Waals surface area contributed by atoms with Gasteiger partial charge in [-0.05, 0) is 30.3 Å². The zero-order valence-electron chi connectivity index (χ0n) is 13.5. The number of nitrogens with one attached hydrogen (secondary N) is 1. The number of anilines is 1. The fourth-order valence-corrected chi connectivity index (χ4v) is 3.09. The van der Waals surface area contributed by atoms with Crippen molar-refractivity contribution in [1.82, 2.24) is 10.2 Å². The van der Waals surface area contributed by atoms with E-state index in [0.717, 1.165) is 5.56 Å². The first-order valence-corrected chi connectivity index (χ1v) is 8.79. The maximum Gasteiger partial charge on any atom is 0.277 e. The molecule has 8 heteroatoms. The lowest BCUT2D eigenvalue weighted by Crippen LogP contribution is -2.25. The Hall–Kier alpha value is -3.13. The topological polar surface area (TPSA) is 94.3 Å². The molecule has 0 fully saturated rings. The summed E-state index contributed by atoms with van der Waals surface area (Å²) in [5.74, 6) is 0.754. The number of thioether (sulfide) groups is 1. The van der Waals surface area contributed by atoms with Crippen molar-refractivity contribution in [3.8, 4) is 17.2 Å². The molecular weight excluding hydrogens is 354 g/mol. The summed E-state index contributed by atoms with van der Waals surface area (Å²) in [5, 5.41) is 11.0. The molecule has 0 saturated carbocycles. The van der Waals surface area contributed by atoms with E-state index in [2.05, 4.69) is 15.5 Å². The molecule has 0 radical (unpaired) electrons.